The predicted molar refractivity (Wildman–Crippen MR) is 129 cm³/mol. The number of aromatic nitrogens is 1. The molecule has 0 saturated carbocycles. The highest BCUT2D eigenvalue weighted by atomic mass is 35.5. The first kappa shape index (κ1) is 23.7. The van der Waals surface area contributed by atoms with E-state index in [0.717, 1.165) is 5.56 Å². The standard InChI is InChI=1S/C23H19Cl2N3O3S/c1-2-31-22(30)16-8-10-17(11-9-16)28(14-15-5-4-12-26-13-15)23(32)27-21(29)18-6-3-7-19(24)20(18)25/h3-13H,2,14H2,1H3,(H,27,29,32). The van der Waals surface area contributed by atoms with Crippen molar-refractivity contribution in [2.75, 3.05) is 11.5 Å². The van der Waals surface area contributed by atoms with Gasteiger partial charge in [-0.05, 0) is 67.2 Å². The number of hydrogen-bond donors (Lipinski definition) is 1. The third-order valence-corrected chi connectivity index (χ3v) is 5.56. The number of benzene rings is 2. The van der Waals surface area contributed by atoms with Crippen LogP contribution in [0.1, 0.15) is 33.2 Å². The van der Waals surface area contributed by atoms with Crippen molar-refractivity contribution in [3.8, 4) is 0 Å². The molecule has 32 heavy (non-hydrogen) atoms. The zero-order chi connectivity index (χ0) is 23.1. The number of rotatable bonds is 6. The van der Waals surface area contributed by atoms with Gasteiger partial charge in [-0.1, -0.05) is 35.3 Å². The van der Waals surface area contributed by atoms with Crippen LogP contribution >= 0.6 is 35.4 Å². The molecule has 0 saturated heterocycles. The molecule has 0 fully saturated rings. The Morgan fingerprint density at radius 3 is 2.50 bits per heavy atom. The molecule has 2 aromatic carbocycles. The Bertz CT molecular complexity index is 1130. The Morgan fingerprint density at radius 1 is 1.09 bits per heavy atom. The summed E-state index contributed by atoms with van der Waals surface area (Å²) in [5.74, 6) is -0.897. The molecule has 164 valence electrons. The van der Waals surface area contributed by atoms with Gasteiger partial charge in [0, 0.05) is 18.1 Å². The van der Waals surface area contributed by atoms with Gasteiger partial charge in [-0.2, -0.15) is 0 Å². The molecule has 1 heterocycles. The first-order chi connectivity index (χ1) is 15.4. The average molecular weight is 488 g/mol. The van der Waals surface area contributed by atoms with E-state index >= 15 is 0 Å². The van der Waals surface area contributed by atoms with Gasteiger partial charge in [-0.25, -0.2) is 4.79 Å². The summed E-state index contributed by atoms with van der Waals surface area (Å²) in [5.41, 5.74) is 2.17. The van der Waals surface area contributed by atoms with Crippen molar-refractivity contribution in [3.05, 3.63) is 93.7 Å². The minimum Gasteiger partial charge on any atom is -0.462 e. The van der Waals surface area contributed by atoms with Crippen molar-refractivity contribution in [1.29, 1.82) is 0 Å². The van der Waals surface area contributed by atoms with E-state index in [4.69, 9.17) is 40.2 Å². The molecule has 0 atom stereocenters. The molecule has 0 aliphatic heterocycles. The van der Waals surface area contributed by atoms with Crippen molar-refractivity contribution < 1.29 is 14.3 Å². The minimum absolute atomic E-state index is 0.145. The van der Waals surface area contributed by atoms with E-state index in [1.54, 1.807) is 66.7 Å². The second-order valence-electron chi connectivity index (χ2n) is 6.58. The molecule has 0 aliphatic carbocycles. The zero-order valence-corrected chi connectivity index (χ0v) is 19.4. The van der Waals surface area contributed by atoms with E-state index in [9.17, 15) is 9.59 Å². The molecule has 1 amide bonds. The van der Waals surface area contributed by atoms with Crippen molar-refractivity contribution in [2.45, 2.75) is 13.5 Å². The summed E-state index contributed by atoms with van der Waals surface area (Å²) in [6.45, 7) is 2.38. The number of amides is 1. The fourth-order valence-electron chi connectivity index (χ4n) is 2.86. The number of esters is 1. The first-order valence-electron chi connectivity index (χ1n) is 9.63. The highest BCUT2D eigenvalue weighted by Crippen LogP contribution is 2.26. The lowest BCUT2D eigenvalue weighted by Gasteiger charge is -2.26. The van der Waals surface area contributed by atoms with Crippen molar-refractivity contribution >= 4 is 58.1 Å². The quantitative estimate of drug-likeness (QED) is 0.376. The van der Waals surface area contributed by atoms with Crippen LogP contribution in [0.15, 0.2) is 67.0 Å². The van der Waals surface area contributed by atoms with Gasteiger partial charge >= 0.3 is 5.97 Å². The van der Waals surface area contributed by atoms with Crippen LogP contribution in [0.5, 0.6) is 0 Å². The maximum Gasteiger partial charge on any atom is 0.338 e. The molecule has 1 aromatic heterocycles. The molecule has 0 aliphatic rings. The van der Waals surface area contributed by atoms with E-state index in [0.29, 0.717) is 17.8 Å². The maximum absolute atomic E-state index is 12.8. The number of nitrogens with one attached hydrogen (secondary N) is 1. The van der Waals surface area contributed by atoms with Crippen LogP contribution in [0.3, 0.4) is 0 Å². The summed E-state index contributed by atoms with van der Waals surface area (Å²) in [5, 5.41) is 3.27. The van der Waals surface area contributed by atoms with Crippen LogP contribution < -0.4 is 10.2 Å². The topological polar surface area (TPSA) is 71.5 Å². The Morgan fingerprint density at radius 2 is 1.84 bits per heavy atom. The molecule has 0 spiro atoms. The van der Waals surface area contributed by atoms with Crippen LogP contribution in [-0.4, -0.2) is 28.6 Å². The summed E-state index contributed by atoms with van der Waals surface area (Å²) in [7, 11) is 0. The van der Waals surface area contributed by atoms with E-state index in [1.807, 2.05) is 12.1 Å². The molecular formula is C23H19Cl2N3O3S. The van der Waals surface area contributed by atoms with Gasteiger partial charge in [-0.15, -0.1) is 0 Å². The van der Waals surface area contributed by atoms with Crippen LogP contribution in [0, 0.1) is 0 Å². The Kier molecular flexibility index (Phi) is 8.16. The lowest BCUT2D eigenvalue weighted by atomic mass is 10.2. The molecule has 9 heteroatoms. The summed E-state index contributed by atoms with van der Waals surface area (Å²) < 4.78 is 5.03. The van der Waals surface area contributed by atoms with Crippen LogP contribution in [0.4, 0.5) is 5.69 Å². The summed E-state index contributed by atoms with van der Waals surface area (Å²) in [4.78, 5) is 30.6. The Balaban J connectivity index is 1.87. The van der Waals surface area contributed by atoms with Gasteiger partial charge in [0.2, 0.25) is 0 Å². The minimum atomic E-state index is -0.484. The summed E-state index contributed by atoms with van der Waals surface area (Å²) in [6.07, 6.45) is 3.38. The van der Waals surface area contributed by atoms with E-state index < -0.39 is 11.9 Å². The molecule has 3 rings (SSSR count). The molecule has 1 N–H and O–H groups in total. The third-order valence-electron chi connectivity index (χ3n) is 4.42. The number of thiocarbonyl (C=S) groups is 1. The summed E-state index contributed by atoms with van der Waals surface area (Å²) in [6, 6.07) is 15.2. The van der Waals surface area contributed by atoms with Gasteiger partial charge in [0.05, 0.1) is 34.3 Å². The highest BCUT2D eigenvalue weighted by molar-refractivity contribution is 7.80. The molecule has 0 bridgehead atoms. The smallest absolute Gasteiger partial charge is 0.338 e. The fourth-order valence-corrected chi connectivity index (χ4v) is 3.51. The van der Waals surface area contributed by atoms with E-state index in [2.05, 4.69) is 10.3 Å². The molecule has 3 aromatic rings. The fraction of sp³-hybridized carbons (Fsp3) is 0.130. The van der Waals surface area contributed by atoms with Crippen LogP contribution in [0.25, 0.3) is 0 Å². The van der Waals surface area contributed by atoms with Gasteiger partial charge < -0.3 is 9.64 Å². The number of pyridine rings is 1. The van der Waals surface area contributed by atoms with Gasteiger partial charge in [0.25, 0.3) is 5.91 Å². The Hall–Kier alpha value is -3.00. The second kappa shape index (κ2) is 11.0. The number of anilines is 1. The lowest BCUT2D eigenvalue weighted by Crippen LogP contribution is -2.42. The van der Waals surface area contributed by atoms with Crippen molar-refractivity contribution in [1.82, 2.24) is 10.3 Å². The maximum atomic E-state index is 12.8. The zero-order valence-electron chi connectivity index (χ0n) is 17.0. The molecule has 0 unspecified atom stereocenters. The third kappa shape index (κ3) is 5.82. The van der Waals surface area contributed by atoms with Gasteiger partial charge in [0.1, 0.15) is 0 Å². The number of carbonyl (C=O) groups excluding carboxylic acids is 2. The second-order valence-corrected chi connectivity index (χ2v) is 7.75. The molecular weight excluding hydrogens is 469 g/mol. The normalized spacial score (nSPS) is 10.3. The summed E-state index contributed by atoms with van der Waals surface area (Å²) >= 11 is 17.7. The Labute approximate surface area is 201 Å². The molecule has 0 radical (unpaired) electrons. The van der Waals surface area contributed by atoms with Crippen LogP contribution in [-0.2, 0) is 11.3 Å². The van der Waals surface area contributed by atoms with E-state index in [-0.39, 0.29) is 27.3 Å². The van der Waals surface area contributed by atoms with Gasteiger partial charge in [-0.3, -0.25) is 15.1 Å². The number of carbonyl (C=O) groups is 2. The predicted octanol–water partition coefficient (Wildman–Crippen LogP) is 5.29. The monoisotopic (exact) mass is 487 g/mol. The average Bonchev–Trinajstić information content (AvgIpc) is 2.80. The van der Waals surface area contributed by atoms with Crippen LogP contribution in [0.2, 0.25) is 10.0 Å². The van der Waals surface area contributed by atoms with Crippen molar-refractivity contribution in [3.63, 3.8) is 0 Å². The first-order valence-corrected chi connectivity index (χ1v) is 10.8. The largest absolute Gasteiger partial charge is 0.462 e. The number of nitrogens with zero attached hydrogens (tertiary/aromatic N) is 2. The van der Waals surface area contributed by atoms with Gasteiger partial charge in [0.15, 0.2) is 5.11 Å². The highest BCUT2D eigenvalue weighted by Gasteiger charge is 2.19. The number of ether oxygens (including phenoxy) is 1. The number of halogens is 2. The van der Waals surface area contributed by atoms with Crippen molar-refractivity contribution in [2.24, 2.45) is 0 Å². The van der Waals surface area contributed by atoms with E-state index in [1.165, 1.54) is 0 Å². The molecule has 6 nitrogen and oxygen atoms in total. The number of hydrogen-bond acceptors (Lipinski definition) is 5. The lowest BCUT2D eigenvalue weighted by molar-refractivity contribution is 0.0526. The SMILES string of the molecule is CCOC(=O)c1ccc(N(Cc2cccnc2)C(=S)NC(=O)c2cccc(Cl)c2Cl)cc1.